The third kappa shape index (κ3) is 2.99. The average molecular weight is 239 g/mol. The molecule has 4 heteroatoms. The zero-order chi connectivity index (χ0) is 12.4. The van der Waals surface area contributed by atoms with Crippen LogP contribution in [0, 0.1) is 5.92 Å². The Morgan fingerprint density at radius 1 is 1.18 bits per heavy atom. The molecule has 0 saturated carbocycles. The number of hydrogen-bond acceptors (Lipinski definition) is 3. The van der Waals surface area contributed by atoms with Crippen LogP contribution in [0.4, 0.5) is 0 Å². The van der Waals surface area contributed by atoms with Gasteiger partial charge >= 0.3 is 0 Å². The number of nitrogens with zero attached hydrogens (tertiary/aromatic N) is 3. The van der Waals surface area contributed by atoms with E-state index < -0.39 is 0 Å². The summed E-state index contributed by atoms with van der Waals surface area (Å²) < 4.78 is 0. The Balaban J connectivity index is 1.67. The number of carbonyl (C=O) groups excluding carboxylic acids is 1. The SMILES string of the molecule is C[C@@H]1CN(CCC(=O)N2CCN(C)CC2)[C@H]1C. The Bertz CT molecular complexity index is 274. The summed E-state index contributed by atoms with van der Waals surface area (Å²) in [5.74, 6) is 1.14. The molecule has 2 rings (SSSR count). The first-order valence-electron chi connectivity index (χ1n) is 6.78. The lowest BCUT2D eigenvalue weighted by atomic mass is 9.92. The van der Waals surface area contributed by atoms with E-state index in [1.54, 1.807) is 0 Å². The number of carbonyl (C=O) groups is 1. The maximum Gasteiger partial charge on any atom is 0.223 e. The molecule has 2 aliphatic rings. The summed E-state index contributed by atoms with van der Waals surface area (Å²) in [7, 11) is 2.12. The van der Waals surface area contributed by atoms with Gasteiger partial charge in [-0.2, -0.15) is 0 Å². The number of hydrogen-bond donors (Lipinski definition) is 0. The van der Waals surface area contributed by atoms with Gasteiger partial charge in [-0.15, -0.1) is 0 Å². The summed E-state index contributed by atoms with van der Waals surface area (Å²) in [5, 5.41) is 0. The molecule has 2 fully saturated rings. The van der Waals surface area contributed by atoms with Crippen LogP contribution in [0.2, 0.25) is 0 Å². The van der Waals surface area contributed by atoms with Crippen LogP contribution >= 0.6 is 0 Å². The van der Waals surface area contributed by atoms with E-state index in [-0.39, 0.29) is 0 Å². The Morgan fingerprint density at radius 2 is 1.82 bits per heavy atom. The van der Waals surface area contributed by atoms with Gasteiger partial charge in [0.1, 0.15) is 0 Å². The van der Waals surface area contributed by atoms with E-state index in [1.165, 1.54) is 0 Å². The van der Waals surface area contributed by atoms with E-state index in [9.17, 15) is 4.79 Å². The third-order valence-electron chi connectivity index (χ3n) is 4.39. The molecule has 4 nitrogen and oxygen atoms in total. The fraction of sp³-hybridized carbons (Fsp3) is 0.923. The Labute approximate surface area is 105 Å². The molecule has 0 spiro atoms. The van der Waals surface area contributed by atoms with E-state index in [0.717, 1.165) is 45.2 Å². The molecule has 0 radical (unpaired) electrons. The van der Waals surface area contributed by atoms with Crippen LogP contribution in [0.3, 0.4) is 0 Å². The topological polar surface area (TPSA) is 26.8 Å². The predicted octanol–water partition coefficient (Wildman–Crippen LogP) is 0.491. The molecule has 0 bridgehead atoms. The first kappa shape index (κ1) is 12.8. The Kier molecular flexibility index (Phi) is 4.05. The van der Waals surface area contributed by atoms with Crippen LogP contribution in [0.15, 0.2) is 0 Å². The molecule has 0 aromatic carbocycles. The second-order valence-electron chi connectivity index (χ2n) is 5.65. The van der Waals surface area contributed by atoms with Gasteiger partial charge in [-0.05, 0) is 19.9 Å². The van der Waals surface area contributed by atoms with Crippen molar-refractivity contribution in [2.24, 2.45) is 5.92 Å². The van der Waals surface area contributed by atoms with Gasteiger partial charge in [0.25, 0.3) is 0 Å². The smallest absolute Gasteiger partial charge is 0.223 e. The highest BCUT2D eigenvalue weighted by Gasteiger charge is 2.31. The second-order valence-corrected chi connectivity index (χ2v) is 5.65. The Hall–Kier alpha value is -0.610. The lowest BCUT2D eigenvalue weighted by molar-refractivity contribution is -0.133. The fourth-order valence-electron chi connectivity index (χ4n) is 2.66. The summed E-state index contributed by atoms with van der Waals surface area (Å²) in [6, 6.07) is 0.662. The number of rotatable bonds is 3. The second kappa shape index (κ2) is 5.36. The highest BCUT2D eigenvalue weighted by molar-refractivity contribution is 5.76. The van der Waals surface area contributed by atoms with Gasteiger partial charge in [-0.3, -0.25) is 9.69 Å². The van der Waals surface area contributed by atoms with Gasteiger partial charge in [0, 0.05) is 51.7 Å². The predicted molar refractivity (Wildman–Crippen MR) is 68.9 cm³/mol. The molecule has 0 aromatic rings. The molecule has 2 saturated heterocycles. The van der Waals surface area contributed by atoms with Gasteiger partial charge in [0.2, 0.25) is 5.91 Å². The highest BCUT2D eigenvalue weighted by atomic mass is 16.2. The van der Waals surface area contributed by atoms with Gasteiger partial charge in [0.05, 0.1) is 0 Å². The molecule has 1 amide bonds. The van der Waals surface area contributed by atoms with Crippen LogP contribution < -0.4 is 0 Å². The molecule has 2 aliphatic heterocycles. The fourth-order valence-corrected chi connectivity index (χ4v) is 2.66. The monoisotopic (exact) mass is 239 g/mol. The molecule has 0 unspecified atom stereocenters. The highest BCUT2D eigenvalue weighted by Crippen LogP contribution is 2.23. The van der Waals surface area contributed by atoms with Gasteiger partial charge in [0.15, 0.2) is 0 Å². The lowest BCUT2D eigenvalue weighted by Gasteiger charge is -2.45. The molecule has 17 heavy (non-hydrogen) atoms. The zero-order valence-corrected chi connectivity index (χ0v) is 11.4. The Morgan fingerprint density at radius 3 is 2.35 bits per heavy atom. The summed E-state index contributed by atoms with van der Waals surface area (Å²) in [4.78, 5) is 18.7. The van der Waals surface area contributed by atoms with E-state index in [2.05, 4.69) is 30.7 Å². The molecular formula is C13H25N3O. The first-order chi connectivity index (χ1) is 8.08. The van der Waals surface area contributed by atoms with Crippen molar-refractivity contribution in [3.63, 3.8) is 0 Å². The number of piperazine rings is 1. The number of likely N-dealkylation sites (N-methyl/N-ethyl adjacent to an activating group) is 1. The van der Waals surface area contributed by atoms with E-state index in [4.69, 9.17) is 0 Å². The summed E-state index contributed by atoms with van der Waals surface area (Å²) >= 11 is 0. The van der Waals surface area contributed by atoms with E-state index in [1.807, 2.05) is 4.90 Å². The molecule has 2 heterocycles. The molecule has 0 aliphatic carbocycles. The van der Waals surface area contributed by atoms with Crippen molar-refractivity contribution in [2.45, 2.75) is 26.3 Å². The van der Waals surface area contributed by atoms with Crippen LogP contribution in [0.25, 0.3) is 0 Å². The van der Waals surface area contributed by atoms with Gasteiger partial charge < -0.3 is 9.80 Å². The molecule has 0 aromatic heterocycles. The standard InChI is InChI=1S/C13H25N3O/c1-11-10-16(12(11)2)5-4-13(17)15-8-6-14(3)7-9-15/h11-12H,4-10H2,1-3H3/t11-,12+/m1/s1. The van der Waals surface area contributed by atoms with Crippen LogP contribution in [0.1, 0.15) is 20.3 Å². The van der Waals surface area contributed by atoms with Crippen LogP contribution in [0.5, 0.6) is 0 Å². The van der Waals surface area contributed by atoms with Crippen molar-refractivity contribution in [3.05, 3.63) is 0 Å². The molecule has 98 valence electrons. The van der Waals surface area contributed by atoms with Crippen molar-refractivity contribution in [1.82, 2.24) is 14.7 Å². The van der Waals surface area contributed by atoms with Crippen molar-refractivity contribution < 1.29 is 4.79 Å². The maximum atomic E-state index is 12.0. The zero-order valence-electron chi connectivity index (χ0n) is 11.4. The minimum atomic E-state index is 0.338. The molecular weight excluding hydrogens is 214 g/mol. The third-order valence-corrected chi connectivity index (χ3v) is 4.39. The average Bonchev–Trinajstić information content (AvgIpc) is 2.34. The van der Waals surface area contributed by atoms with E-state index >= 15 is 0 Å². The molecule has 2 atom stereocenters. The number of amides is 1. The minimum absolute atomic E-state index is 0.338. The first-order valence-corrected chi connectivity index (χ1v) is 6.78. The van der Waals surface area contributed by atoms with Crippen molar-refractivity contribution in [1.29, 1.82) is 0 Å². The van der Waals surface area contributed by atoms with Gasteiger partial charge in [-0.25, -0.2) is 0 Å². The number of likely N-dealkylation sites (tertiary alicyclic amines) is 1. The van der Waals surface area contributed by atoms with Crippen LogP contribution in [-0.2, 0) is 4.79 Å². The maximum absolute atomic E-state index is 12.0. The van der Waals surface area contributed by atoms with Crippen LogP contribution in [-0.4, -0.2) is 73.0 Å². The molecule has 0 N–H and O–H groups in total. The summed E-state index contributed by atoms with van der Waals surface area (Å²) in [6.07, 6.45) is 0.695. The van der Waals surface area contributed by atoms with Crippen molar-refractivity contribution >= 4 is 5.91 Å². The normalized spacial score (nSPS) is 31.4. The summed E-state index contributed by atoms with van der Waals surface area (Å²) in [5.41, 5.74) is 0. The van der Waals surface area contributed by atoms with Gasteiger partial charge in [-0.1, -0.05) is 6.92 Å². The largest absolute Gasteiger partial charge is 0.340 e. The minimum Gasteiger partial charge on any atom is -0.340 e. The van der Waals surface area contributed by atoms with E-state index in [0.29, 0.717) is 18.4 Å². The van der Waals surface area contributed by atoms with Crippen molar-refractivity contribution in [3.8, 4) is 0 Å². The lowest BCUT2D eigenvalue weighted by Crippen LogP contribution is -2.54. The van der Waals surface area contributed by atoms with Crippen molar-refractivity contribution in [2.75, 3.05) is 46.3 Å². The quantitative estimate of drug-likeness (QED) is 0.717. The summed E-state index contributed by atoms with van der Waals surface area (Å²) in [6.45, 7) is 10.5.